The Morgan fingerprint density at radius 3 is 2.62 bits per heavy atom. The van der Waals surface area contributed by atoms with Crippen molar-refractivity contribution in [2.45, 2.75) is 46.0 Å². The molecule has 0 spiro atoms. The van der Waals surface area contributed by atoms with E-state index in [9.17, 15) is 9.59 Å². The first-order chi connectivity index (χ1) is 9.99. The molecule has 0 atom stereocenters. The molecule has 2 rings (SSSR count). The molecule has 1 fully saturated rings. The van der Waals surface area contributed by atoms with Crippen LogP contribution in [0.4, 0.5) is 5.69 Å². The minimum absolute atomic E-state index is 0.00230. The highest BCUT2D eigenvalue weighted by atomic mass is 16.5. The third kappa shape index (κ3) is 3.84. The number of nitrogens with one attached hydrogen (secondary N) is 1. The molecule has 1 aromatic rings. The second-order valence-corrected chi connectivity index (χ2v) is 5.98. The maximum Gasteiger partial charge on any atom is 0.309 e. The summed E-state index contributed by atoms with van der Waals surface area (Å²) in [5, 5.41) is 2.87. The standard InChI is InChI=1S/C17H23NO3/c1-11(2)14-9-4-6-12(3)16(14)18-15(19)10-21-17(20)13-7-5-8-13/h4,6,9,11,13H,5,7-8,10H2,1-3H3,(H,18,19). The van der Waals surface area contributed by atoms with E-state index in [1.54, 1.807) is 0 Å². The SMILES string of the molecule is Cc1cccc(C(C)C)c1NC(=O)COC(=O)C1CCC1. The van der Waals surface area contributed by atoms with Gasteiger partial charge in [0, 0.05) is 5.69 Å². The van der Waals surface area contributed by atoms with Gasteiger partial charge in [-0.05, 0) is 36.8 Å². The van der Waals surface area contributed by atoms with Crippen LogP contribution in [0, 0.1) is 12.8 Å². The summed E-state index contributed by atoms with van der Waals surface area (Å²) in [6.07, 6.45) is 2.85. The van der Waals surface area contributed by atoms with E-state index < -0.39 is 0 Å². The summed E-state index contributed by atoms with van der Waals surface area (Å²) >= 11 is 0. The summed E-state index contributed by atoms with van der Waals surface area (Å²) in [6.45, 7) is 5.92. The largest absolute Gasteiger partial charge is 0.455 e. The number of carbonyl (C=O) groups excluding carboxylic acids is 2. The van der Waals surface area contributed by atoms with Gasteiger partial charge in [-0.15, -0.1) is 0 Å². The van der Waals surface area contributed by atoms with Crippen molar-refractivity contribution in [3.63, 3.8) is 0 Å². The lowest BCUT2D eigenvalue weighted by Gasteiger charge is -2.23. The average Bonchev–Trinajstić information content (AvgIpc) is 2.36. The first-order valence-corrected chi connectivity index (χ1v) is 7.55. The van der Waals surface area contributed by atoms with Crippen molar-refractivity contribution in [2.75, 3.05) is 11.9 Å². The molecule has 1 aromatic carbocycles. The number of carbonyl (C=O) groups is 2. The topological polar surface area (TPSA) is 55.4 Å². The number of benzene rings is 1. The molecule has 0 radical (unpaired) electrons. The first kappa shape index (κ1) is 15.5. The van der Waals surface area contributed by atoms with E-state index in [4.69, 9.17) is 4.74 Å². The molecule has 1 saturated carbocycles. The maximum absolute atomic E-state index is 12.0. The maximum atomic E-state index is 12.0. The van der Waals surface area contributed by atoms with E-state index in [1.807, 2.05) is 25.1 Å². The average molecular weight is 289 g/mol. The predicted molar refractivity (Wildman–Crippen MR) is 82.2 cm³/mol. The number of amides is 1. The normalized spacial score (nSPS) is 14.7. The van der Waals surface area contributed by atoms with E-state index >= 15 is 0 Å². The van der Waals surface area contributed by atoms with Gasteiger partial charge in [0.05, 0.1) is 5.92 Å². The monoisotopic (exact) mass is 289 g/mol. The Labute approximate surface area is 125 Å². The molecular formula is C17H23NO3. The van der Waals surface area contributed by atoms with Gasteiger partial charge in [-0.1, -0.05) is 38.5 Å². The van der Waals surface area contributed by atoms with Crippen LogP contribution in [0.25, 0.3) is 0 Å². The molecular weight excluding hydrogens is 266 g/mol. The number of anilines is 1. The van der Waals surface area contributed by atoms with Gasteiger partial charge >= 0.3 is 5.97 Å². The Morgan fingerprint density at radius 1 is 1.33 bits per heavy atom. The number of para-hydroxylation sites is 1. The van der Waals surface area contributed by atoms with Gasteiger partial charge in [0.25, 0.3) is 5.91 Å². The Hall–Kier alpha value is -1.84. The van der Waals surface area contributed by atoms with Gasteiger partial charge in [0.2, 0.25) is 0 Å². The van der Waals surface area contributed by atoms with Crippen molar-refractivity contribution in [3.8, 4) is 0 Å². The Kier molecular flexibility index (Phi) is 4.99. The zero-order valence-corrected chi connectivity index (χ0v) is 12.9. The molecule has 21 heavy (non-hydrogen) atoms. The molecule has 0 bridgehead atoms. The highest BCUT2D eigenvalue weighted by Crippen LogP contribution is 2.28. The van der Waals surface area contributed by atoms with Crippen LogP contribution in [0.15, 0.2) is 18.2 Å². The molecule has 0 aromatic heterocycles. The van der Waals surface area contributed by atoms with E-state index in [-0.39, 0.29) is 24.4 Å². The molecule has 4 heteroatoms. The second kappa shape index (κ2) is 6.74. The third-order valence-electron chi connectivity index (χ3n) is 3.98. The molecule has 0 aliphatic heterocycles. The molecule has 4 nitrogen and oxygen atoms in total. The van der Waals surface area contributed by atoms with Crippen LogP contribution in [0.3, 0.4) is 0 Å². The number of ether oxygens (including phenoxy) is 1. The predicted octanol–water partition coefficient (Wildman–Crippen LogP) is 3.40. The van der Waals surface area contributed by atoms with Gasteiger partial charge in [0.1, 0.15) is 0 Å². The van der Waals surface area contributed by atoms with Gasteiger partial charge in [-0.25, -0.2) is 0 Å². The fourth-order valence-electron chi connectivity index (χ4n) is 2.42. The summed E-state index contributed by atoms with van der Waals surface area (Å²) in [5.74, 6) is -0.204. The lowest BCUT2D eigenvalue weighted by molar-refractivity contribution is -0.154. The molecule has 1 amide bonds. The highest BCUT2D eigenvalue weighted by Gasteiger charge is 2.27. The number of hydrogen-bond acceptors (Lipinski definition) is 3. The van der Waals surface area contributed by atoms with Crippen molar-refractivity contribution >= 4 is 17.6 Å². The summed E-state index contributed by atoms with van der Waals surface area (Å²) in [6, 6.07) is 5.95. The minimum atomic E-state index is -0.279. The summed E-state index contributed by atoms with van der Waals surface area (Å²) < 4.78 is 5.07. The second-order valence-electron chi connectivity index (χ2n) is 5.98. The fourth-order valence-corrected chi connectivity index (χ4v) is 2.42. The van der Waals surface area contributed by atoms with Crippen molar-refractivity contribution < 1.29 is 14.3 Å². The van der Waals surface area contributed by atoms with Crippen molar-refractivity contribution in [3.05, 3.63) is 29.3 Å². The summed E-state index contributed by atoms with van der Waals surface area (Å²) in [4.78, 5) is 23.6. The van der Waals surface area contributed by atoms with Crippen LogP contribution in [0.2, 0.25) is 0 Å². The third-order valence-corrected chi connectivity index (χ3v) is 3.98. The van der Waals surface area contributed by atoms with Crippen LogP contribution in [-0.4, -0.2) is 18.5 Å². The summed E-state index contributed by atoms with van der Waals surface area (Å²) in [5.41, 5.74) is 2.94. The molecule has 114 valence electrons. The number of hydrogen-bond donors (Lipinski definition) is 1. The molecule has 1 aliphatic rings. The number of esters is 1. The van der Waals surface area contributed by atoms with Gasteiger partial charge in [-0.3, -0.25) is 9.59 Å². The Balaban J connectivity index is 1.94. The smallest absolute Gasteiger partial charge is 0.309 e. The minimum Gasteiger partial charge on any atom is -0.455 e. The highest BCUT2D eigenvalue weighted by molar-refractivity contribution is 5.94. The Morgan fingerprint density at radius 2 is 2.05 bits per heavy atom. The molecule has 0 unspecified atom stereocenters. The molecule has 0 saturated heterocycles. The van der Waals surface area contributed by atoms with Crippen molar-refractivity contribution in [2.24, 2.45) is 5.92 Å². The van der Waals surface area contributed by atoms with Crippen molar-refractivity contribution in [1.82, 2.24) is 0 Å². The van der Waals surface area contributed by atoms with E-state index in [1.165, 1.54) is 0 Å². The van der Waals surface area contributed by atoms with E-state index in [0.29, 0.717) is 5.92 Å². The van der Waals surface area contributed by atoms with Gasteiger partial charge in [0.15, 0.2) is 6.61 Å². The van der Waals surface area contributed by atoms with E-state index in [2.05, 4.69) is 19.2 Å². The number of aryl methyl sites for hydroxylation is 1. The zero-order valence-electron chi connectivity index (χ0n) is 12.9. The van der Waals surface area contributed by atoms with Crippen molar-refractivity contribution in [1.29, 1.82) is 0 Å². The lowest BCUT2D eigenvalue weighted by Crippen LogP contribution is -2.28. The van der Waals surface area contributed by atoms with Crippen LogP contribution in [0.1, 0.15) is 50.2 Å². The quantitative estimate of drug-likeness (QED) is 0.845. The van der Waals surface area contributed by atoms with Crippen LogP contribution < -0.4 is 5.32 Å². The van der Waals surface area contributed by atoms with Crippen LogP contribution in [0.5, 0.6) is 0 Å². The molecule has 1 N–H and O–H groups in total. The molecule has 0 heterocycles. The van der Waals surface area contributed by atoms with Gasteiger partial charge in [-0.2, -0.15) is 0 Å². The Bertz CT molecular complexity index is 533. The van der Waals surface area contributed by atoms with Gasteiger partial charge < -0.3 is 10.1 Å². The van der Waals surface area contributed by atoms with E-state index in [0.717, 1.165) is 36.1 Å². The zero-order chi connectivity index (χ0) is 15.4. The number of rotatable bonds is 5. The first-order valence-electron chi connectivity index (χ1n) is 7.55. The van der Waals surface area contributed by atoms with Crippen LogP contribution >= 0.6 is 0 Å². The molecule has 1 aliphatic carbocycles. The van der Waals surface area contributed by atoms with Crippen LogP contribution in [-0.2, 0) is 14.3 Å². The summed E-state index contributed by atoms with van der Waals surface area (Å²) in [7, 11) is 0. The lowest BCUT2D eigenvalue weighted by atomic mass is 9.86. The fraction of sp³-hybridized carbons (Fsp3) is 0.529.